The van der Waals surface area contributed by atoms with E-state index in [1.807, 2.05) is 60.9 Å². The van der Waals surface area contributed by atoms with Gasteiger partial charge in [-0.3, -0.25) is 14.8 Å². The topological polar surface area (TPSA) is 86.5 Å². The number of carbonyl (C=O) groups excluding carboxylic acids is 1. The van der Waals surface area contributed by atoms with Crippen molar-refractivity contribution in [3.8, 4) is 17.0 Å². The Hall–Kier alpha value is -4.56. The third kappa shape index (κ3) is 5.11. The van der Waals surface area contributed by atoms with Crippen molar-refractivity contribution in [2.45, 2.75) is 19.8 Å². The maximum absolute atomic E-state index is 11.3. The van der Waals surface area contributed by atoms with Gasteiger partial charge in [0.2, 0.25) is 0 Å². The molecule has 0 amide bonds. The fourth-order valence-electron chi connectivity index (χ4n) is 5.30. The molecule has 0 spiro atoms. The molecule has 3 heterocycles. The van der Waals surface area contributed by atoms with E-state index in [1.54, 1.807) is 0 Å². The first-order valence-corrected chi connectivity index (χ1v) is 13.2. The number of fused-ring (bicyclic) bond motifs is 1. The molecule has 0 radical (unpaired) electrons. The summed E-state index contributed by atoms with van der Waals surface area (Å²) in [6.07, 6.45) is 3.51. The zero-order chi connectivity index (χ0) is 26.6. The molecule has 39 heavy (non-hydrogen) atoms. The predicted octanol–water partition coefficient (Wildman–Crippen LogP) is 5.44. The van der Waals surface area contributed by atoms with Crippen LogP contribution in [0.4, 0.5) is 5.69 Å². The fraction of sp³-hybridized carbons (Fsp3) is 0.226. The molecule has 0 saturated carbocycles. The first kappa shape index (κ1) is 24.8. The van der Waals surface area contributed by atoms with Crippen LogP contribution in [0.5, 0.6) is 5.75 Å². The van der Waals surface area contributed by atoms with Gasteiger partial charge in [0.25, 0.3) is 6.47 Å². The number of aromatic nitrogens is 3. The monoisotopic (exact) mass is 521 g/mol. The average molecular weight is 522 g/mol. The molecule has 2 N–H and O–H groups in total. The minimum absolute atomic E-state index is 0.397. The number of benzene rings is 3. The second-order valence-corrected chi connectivity index (χ2v) is 9.79. The SMILES string of the molecule is Cc1c[nH]c2cc(OCc3ccccc3)c(-c3[nH]ncc3N3CCN(C(OC=O)c4ccccc4)CC3)cc12. The molecule has 0 bridgehead atoms. The van der Waals surface area contributed by atoms with Gasteiger partial charge < -0.3 is 19.4 Å². The van der Waals surface area contributed by atoms with Crippen molar-refractivity contribution in [3.05, 3.63) is 102 Å². The number of aryl methyl sites for hydroxylation is 1. The van der Waals surface area contributed by atoms with Crippen molar-refractivity contribution in [3.63, 3.8) is 0 Å². The molecular formula is C31H31N5O3. The van der Waals surface area contributed by atoms with E-state index in [4.69, 9.17) is 9.47 Å². The van der Waals surface area contributed by atoms with E-state index in [2.05, 4.69) is 56.2 Å². The van der Waals surface area contributed by atoms with Gasteiger partial charge in [0.1, 0.15) is 12.4 Å². The first-order valence-electron chi connectivity index (χ1n) is 13.2. The third-order valence-corrected chi connectivity index (χ3v) is 7.37. The van der Waals surface area contributed by atoms with E-state index in [-0.39, 0.29) is 0 Å². The molecule has 8 nitrogen and oxygen atoms in total. The molecule has 1 atom stereocenters. The molecule has 3 aromatic carbocycles. The predicted molar refractivity (Wildman–Crippen MR) is 152 cm³/mol. The van der Waals surface area contributed by atoms with E-state index >= 15 is 0 Å². The minimum atomic E-state index is -0.397. The van der Waals surface area contributed by atoms with Gasteiger partial charge in [-0.25, -0.2) is 0 Å². The molecule has 2 aromatic heterocycles. The van der Waals surface area contributed by atoms with Gasteiger partial charge in [0.05, 0.1) is 17.6 Å². The van der Waals surface area contributed by atoms with Gasteiger partial charge in [0, 0.05) is 60.5 Å². The summed E-state index contributed by atoms with van der Waals surface area (Å²) in [6.45, 7) is 6.13. The molecular weight excluding hydrogens is 490 g/mol. The number of nitrogens with one attached hydrogen (secondary N) is 2. The lowest BCUT2D eigenvalue weighted by molar-refractivity contribution is -0.144. The van der Waals surface area contributed by atoms with Gasteiger partial charge in [0.15, 0.2) is 6.23 Å². The first-order chi connectivity index (χ1) is 19.2. The summed E-state index contributed by atoms with van der Waals surface area (Å²) >= 11 is 0. The van der Waals surface area contributed by atoms with Crippen LogP contribution in [0.3, 0.4) is 0 Å². The summed E-state index contributed by atoms with van der Waals surface area (Å²) in [5.41, 5.74) is 7.23. The number of hydrogen-bond acceptors (Lipinski definition) is 6. The van der Waals surface area contributed by atoms with Crippen LogP contribution in [0.2, 0.25) is 0 Å². The molecule has 1 saturated heterocycles. The molecule has 1 fully saturated rings. The summed E-state index contributed by atoms with van der Waals surface area (Å²) in [5.74, 6) is 0.792. The van der Waals surface area contributed by atoms with Crippen LogP contribution in [0.25, 0.3) is 22.2 Å². The van der Waals surface area contributed by atoms with Crippen LogP contribution < -0.4 is 9.64 Å². The van der Waals surface area contributed by atoms with Crippen molar-refractivity contribution in [1.29, 1.82) is 0 Å². The highest BCUT2D eigenvalue weighted by atomic mass is 16.5. The van der Waals surface area contributed by atoms with Crippen molar-refractivity contribution in [2.75, 3.05) is 31.1 Å². The highest BCUT2D eigenvalue weighted by Gasteiger charge is 2.28. The van der Waals surface area contributed by atoms with Gasteiger partial charge in [-0.05, 0) is 24.1 Å². The Morgan fingerprint density at radius 3 is 2.49 bits per heavy atom. The van der Waals surface area contributed by atoms with Gasteiger partial charge in [-0.2, -0.15) is 5.10 Å². The van der Waals surface area contributed by atoms with Gasteiger partial charge >= 0.3 is 0 Å². The Morgan fingerprint density at radius 2 is 1.74 bits per heavy atom. The van der Waals surface area contributed by atoms with Crippen LogP contribution in [-0.2, 0) is 16.1 Å². The molecule has 1 aliphatic heterocycles. The number of piperazine rings is 1. The van der Waals surface area contributed by atoms with Crippen LogP contribution in [0.15, 0.2) is 85.2 Å². The second-order valence-electron chi connectivity index (χ2n) is 9.79. The Bertz CT molecular complexity index is 1540. The van der Waals surface area contributed by atoms with Crippen LogP contribution in [0.1, 0.15) is 22.9 Å². The molecule has 8 heteroatoms. The number of aromatic amines is 2. The summed E-state index contributed by atoms with van der Waals surface area (Å²) < 4.78 is 11.9. The third-order valence-electron chi connectivity index (χ3n) is 7.37. The second kappa shape index (κ2) is 11.0. The Labute approximate surface area is 227 Å². The summed E-state index contributed by atoms with van der Waals surface area (Å²) in [4.78, 5) is 19.2. The van der Waals surface area contributed by atoms with E-state index in [0.29, 0.717) is 13.1 Å². The Morgan fingerprint density at radius 1 is 1.00 bits per heavy atom. The number of ether oxygens (including phenoxy) is 2. The Balaban J connectivity index is 1.26. The number of nitrogens with zero attached hydrogens (tertiary/aromatic N) is 3. The Kier molecular flexibility index (Phi) is 7.01. The maximum Gasteiger partial charge on any atom is 0.294 e. The summed E-state index contributed by atoms with van der Waals surface area (Å²) in [7, 11) is 0. The quantitative estimate of drug-likeness (QED) is 0.251. The van der Waals surface area contributed by atoms with Crippen molar-refractivity contribution in [2.24, 2.45) is 0 Å². The fourth-order valence-corrected chi connectivity index (χ4v) is 5.30. The summed E-state index contributed by atoms with van der Waals surface area (Å²) in [6, 6.07) is 24.3. The minimum Gasteiger partial charge on any atom is -0.488 e. The van der Waals surface area contributed by atoms with E-state index < -0.39 is 6.23 Å². The highest BCUT2D eigenvalue weighted by molar-refractivity contribution is 5.92. The molecule has 1 unspecified atom stereocenters. The van der Waals surface area contributed by atoms with Crippen LogP contribution in [-0.4, -0.2) is 52.7 Å². The number of H-pyrrole nitrogens is 2. The smallest absolute Gasteiger partial charge is 0.294 e. The van der Waals surface area contributed by atoms with Crippen molar-refractivity contribution < 1.29 is 14.3 Å². The normalized spacial score (nSPS) is 14.8. The molecule has 5 aromatic rings. The lowest BCUT2D eigenvalue weighted by Gasteiger charge is -2.39. The lowest BCUT2D eigenvalue weighted by atomic mass is 10.0. The zero-order valence-electron chi connectivity index (χ0n) is 21.8. The number of carbonyl (C=O) groups is 1. The zero-order valence-corrected chi connectivity index (χ0v) is 21.8. The van der Waals surface area contributed by atoms with E-state index in [0.717, 1.165) is 70.9 Å². The number of hydrogen-bond donors (Lipinski definition) is 2. The van der Waals surface area contributed by atoms with Gasteiger partial charge in [-0.15, -0.1) is 0 Å². The highest BCUT2D eigenvalue weighted by Crippen LogP contribution is 2.39. The average Bonchev–Trinajstić information content (AvgIpc) is 3.62. The summed E-state index contributed by atoms with van der Waals surface area (Å²) in [5, 5.41) is 8.84. The van der Waals surface area contributed by atoms with Crippen LogP contribution >= 0.6 is 0 Å². The van der Waals surface area contributed by atoms with Gasteiger partial charge in [-0.1, -0.05) is 60.7 Å². The number of rotatable bonds is 9. The van der Waals surface area contributed by atoms with E-state index in [9.17, 15) is 4.79 Å². The molecule has 0 aliphatic carbocycles. The van der Waals surface area contributed by atoms with Crippen molar-refractivity contribution >= 4 is 23.1 Å². The maximum atomic E-state index is 11.3. The standard InChI is InChI=1S/C31H31N5O3/c1-22-18-32-27-17-29(38-20-23-8-4-2-5-9-23)26(16-25(22)27)30-28(19-33-34-30)35-12-14-36(15-13-35)31(39-21-37)24-10-6-3-7-11-24/h2-11,16-19,21,31-32H,12-15,20H2,1H3,(H,33,34). The largest absolute Gasteiger partial charge is 0.488 e. The van der Waals surface area contributed by atoms with E-state index in [1.165, 1.54) is 5.56 Å². The van der Waals surface area contributed by atoms with Crippen molar-refractivity contribution in [1.82, 2.24) is 20.1 Å². The molecule has 1 aliphatic rings. The molecule has 6 rings (SSSR count). The number of anilines is 1. The lowest BCUT2D eigenvalue weighted by Crippen LogP contribution is -2.48. The molecule has 198 valence electrons. The van der Waals surface area contributed by atoms with Crippen LogP contribution in [0, 0.1) is 6.92 Å².